The van der Waals surface area contributed by atoms with E-state index in [0.717, 1.165) is 25.1 Å². The lowest BCUT2D eigenvalue weighted by molar-refractivity contribution is -0.140. The molecular weight excluding hydrogens is 266 g/mol. The number of rotatable bonds is 2. The molecular formula is C16H25N3O2. The summed E-state index contributed by atoms with van der Waals surface area (Å²) in [5.41, 5.74) is 0.223. The van der Waals surface area contributed by atoms with Crippen LogP contribution < -0.4 is 5.56 Å². The largest absolute Gasteiger partial charge is 0.332 e. The second-order valence-electron chi connectivity index (χ2n) is 7.12. The number of nitrogens with one attached hydrogen (secondary N) is 1. The summed E-state index contributed by atoms with van der Waals surface area (Å²) in [6, 6.07) is 1.43. The minimum Gasteiger partial charge on any atom is -0.332 e. The molecule has 5 heteroatoms. The highest BCUT2D eigenvalue weighted by Crippen LogP contribution is 2.33. The predicted octanol–water partition coefficient (Wildman–Crippen LogP) is 2.60. The summed E-state index contributed by atoms with van der Waals surface area (Å²) in [5, 5.41) is 0. The molecule has 1 amide bonds. The fourth-order valence-electron chi connectivity index (χ4n) is 2.67. The normalized spacial score (nSPS) is 19.3. The Labute approximate surface area is 125 Å². The van der Waals surface area contributed by atoms with Crippen molar-refractivity contribution in [3.63, 3.8) is 0 Å². The molecule has 2 rings (SSSR count). The van der Waals surface area contributed by atoms with Crippen LogP contribution in [0.2, 0.25) is 0 Å². The van der Waals surface area contributed by atoms with Crippen LogP contribution in [0.5, 0.6) is 0 Å². The minimum atomic E-state index is -0.418. The number of H-pyrrole nitrogens is 1. The van der Waals surface area contributed by atoms with E-state index in [0.29, 0.717) is 5.82 Å². The fourth-order valence-corrected chi connectivity index (χ4v) is 2.67. The molecule has 1 unspecified atom stereocenters. The van der Waals surface area contributed by atoms with Crippen LogP contribution in [0.1, 0.15) is 70.9 Å². The highest BCUT2D eigenvalue weighted by atomic mass is 16.2. The lowest BCUT2D eigenvalue weighted by Gasteiger charge is -2.30. The van der Waals surface area contributed by atoms with E-state index in [2.05, 4.69) is 9.97 Å². The molecule has 2 heterocycles. The summed E-state index contributed by atoms with van der Waals surface area (Å²) >= 11 is 0. The second kappa shape index (κ2) is 5.62. The highest BCUT2D eigenvalue weighted by Gasteiger charge is 2.36. The topological polar surface area (TPSA) is 66.1 Å². The van der Waals surface area contributed by atoms with Crippen molar-refractivity contribution in [2.45, 2.75) is 59.4 Å². The minimum absolute atomic E-state index is 0.108. The number of nitrogens with zero attached hydrogens (tertiary/aromatic N) is 2. The summed E-state index contributed by atoms with van der Waals surface area (Å²) in [6.45, 7) is 10.5. The molecule has 1 aromatic heterocycles. The van der Waals surface area contributed by atoms with E-state index >= 15 is 0 Å². The summed E-state index contributed by atoms with van der Waals surface area (Å²) in [6.07, 6.45) is 1.80. The summed E-state index contributed by atoms with van der Waals surface area (Å²) in [7, 11) is 0. The fraction of sp³-hybridized carbons (Fsp3) is 0.688. The van der Waals surface area contributed by atoms with E-state index in [4.69, 9.17) is 0 Å². The van der Waals surface area contributed by atoms with E-state index in [1.54, 1.807) is 6.07 Å². The van der Waals surface area contributed by atoms with Gasteiger partial charge in [-0.1, -0.05) is 34.6 Å². The van der Waals surface area contributed by atoms with Gasteiger partial charge in [-0.05, 0) is 18.8 Å². The molecule has 0 bridgehead atoms. The van der Waals surface area contributed by atoms with Crippen LogP contribution in [0.25, 0.3) is 0 Å². The number of aromatic nitrogens is 2. The smallest absolute Gasteiger partial charge is 0.251 e. The number of hydrogen-bond acceptors (Lipinski definition) is 3. The highest BCUT2D eigenvalue weighted by molar-refractivity contribution is 5.82. The summed E-state index contributed by atoms with van der Waals surface area (Å²) in [5.74, 6) is 0.933. The molecule has 0 saturated carbocycles. The molecule has 0 spiro atoms. The van der Waals surface area contributed by atoms with E-state index in [-0.39, 0.29) is 23.4 Å². The van der Waals surface area contributed by atoms with Crippen molar-refractivity contribution in [1.29, 1.82) is 0 Å². The maximum absolute atomic E-state index is 12.6. The standard InChI is InChI=1S/C16H25N3O2/c1-10(2)11-9-13(20)18-14(17-11)12-7-6-8-19(12)15(21)16(3,4)5/h9-10,12H,6-8H2,1-5H3,(H,17,18,20). The lowest BCUT2D eigenvalue weighted by Crippen LogP contribution is -2.39. The van der Waals surface area contributed by atoms with Crippen molar-refractivity contribution in [2.24, 2.45) is 5.41 Å². The Morgan fingerprint density at radius 3 is 2.67 bits per heavy atom. The van der Waals surface area contributed by atoms with Gasteiger partial charge in [0, 0.05) is 18.0 Å². The Kier molecular flexibility index (Phi) is 4.21. The van der Waals surface area contributed by atoms with Crippen molar-refractivity contribution < 1.29 is 4.79 Å². The summed E-state index contributed by atoms with van der Waals surface area (Å²) < 4.78 is 0. The van der Waals surface area contributed by atoms with Crippen LogP contribution in [0.3, 0.4) is 0 Å². The third kappa shape index (κ3) is 3.34. The molecule has 0 aliphatic carbocycles. The van der Waals surface area contributed by atoms with Crippen molar-refractivity contribution in [1.82, 2.24) is 14.9 Å². The first kappa shape index (κ1) is 15.7. The molecule has 1 N–H and O–H groups in total. The third-order valence-electron chi connectivity index (χ3n) is 3.84. The first-order valence-corrected chi connectivity index (χ1v) is 7.62. The van der Waals surface area contributed by atoms with Crippen molar-refractivity contribution in [2.75, 3.05) is 6.54 Å². The summed E-state index contributed by atoms with van der Waals surface area (Å²) in [4.78, 5) is 33.7. The monoisotopic (exact) mass is 291 g/mol. The van der Waals surface area contributed by atoms with Gasteiger partial charge in [-0.15, -0.1) is 0 Å². The Balaban J connectivity index is 2.37. The number of amides is 1. The number of aromatic amines is 1. The first-order chi connectivity index (χ1) is 9.70. The predicted molar refractivity (Wildman–Crippen MR) is 82.1 cm³/mol. The number of likely N-dealkylation sites (tertiary alicyclic amines) is 1. The Bertz CT molecular complexity index is 584. The van der Waals surface area contributed by atoms with Gasteiger partial charge in [-0.25, -0.2) is 4.98 Å². The van der Waals surface area contributed by atoms with Crippen LogP contribution >= 0.6 is 0 Å². The van der Waals surface area contributed by atoms with Crippen LogP contribution in [-0.2, 0) is 4.79 Å². The van der Waals surface area contributed by atoms with Gasteiger partial charge in [0.2, 0.25) is 5.91 Å². The van der Waals surface area contributed by atoms with Gasteiger partial charge >= 0.3 is 0 Å². The Morgan fingerprint density at radius 2 is 2.10 bits per heavy atom. The van der Waals surface area contributed by atoms with Crippen LogP contribution in [0.4, 0.5) is 0 Å². The van der Waals surface area contributed by atoms with Crippen LogP contribution in [0.15, 0.2) is 10.9 Å². The van der Waals surface area contributed by atoms with Gasteiger partial charge in [-0.2, -0.15) is 0 Å². The molecule has 116 valence electrons. The molecule has 1 aliphatic heterocycles. The molecule has 1 aromatic rings. The first-order valence-electron chi connectivity index (χ1n) is 7.62. The van der Waals surface area contributed by atoms with Gasteiger partial charge < -0.3 is 9.88 Å². The van der Waals surface area contributed by atoms with Gasteiger partial charge in [-0.3, -0.25) is 9.59 Å². The van der Waals surface area contributed by atoms with E-state index < -0.39 is 5.41 Å². The molecule has 1 aliphatic rings. The van der Waals surface area contributed by atoms with Gasteiger partial charge in [0.15, 0.2) is 0 Å². The maximum atomic E-state index is 12.6. The molecule has 1 saturated heterocycles. The van der Waals surface area contributed by atoms with Crippen molar-refractivity contribution in [3.8, 4) is 0 Å². The number of carbonyl (C=O) groups is 1. The molecule has 5 nitrogen and oxygen atoms in total. The molecule has 1 fully saturated rings. The Morgan fingerprint density at radius 1 is 1.43 bits per heavy atom. The second-order valence-corrected chi connectivity index (χ2v) is 7.12. The zero-order chi connectivity index (χ0) is 15.8. The zero-order valence-electron chi connectivity index (χ0n) is 13.6. The van der Waals surface area contributed by atoms with E-state index in [1.807, 2.05) is 39.5 Å². The van der Waals surface area contributed by atoms with E-state index in [9.17, 15) is 9.59 Å². The molecule has 1 atom stereocenters. The average Bonchev–Trinajstić information content (AvgIpc) is 2.84. The number of hydrogen-bond donors (Lipinski definition) is 1. The average molecular weight is 291 g/mol. The van der Waals surface area contributed by atoms with Gasteiger partial charge in [0.05, 0.1) is 11.7 Å². The maximum Gasteiger partial charge on any atom is 0.251 e. The molecule has 21 heavy (non-hydrogen) atoms. The van der Waals surface area contributed by atoms with Gasteiger partial charge in [0.1, 0.15) is 5.82 Å². The van der Waals surface area contributed by atoms with Crippen LogP contribution in [-0.4, -0.2) is 27.3 Å². The zero-order valence-corrected chi connectivity index (χ0v) is 13.6. The van der Waals surface area contributed by atoms with Crippen molar-refractivity contribution in [3.05, 3.63) is 27.9 Å². The SMILES string of the molecule is CC(C)c1cc(=O)[nH]c(C2CCCN2C(=O)C(C)(C)C)n1. The van der Waals surface area contributed by atoms with E-state index in [1.165, 1.54) is 0 Å². The van der Waals surface area contributed by atoms with Crippen molar-refractivity contribution >= 4 is 5.91 Å². The molecule has 0 radical (unpaired) electrons. The lowest BCUT2D eigenvalue weighted by atomic mass is 9.94. The quantitative estimate of drug-likeness (QED) is 0.910. The molecule has 0 aromatic carbocycles. The number of carbonyl (C=O) groups excluding carboxylic acids is 1. The van der Waals surface area contributed by atoms with Gasteiger partial charge in [0.25, 0.3) is 5.56 Å². The third-order valence-corrected chi connectivity index (χ3v) is 3.84. The Hall–Kier alpha value is -1.65. The van der Waals surface area contributed by atoms with Crippen LogP contribution in [0, 0.1) is 5.41 Å².